The second kappa shape index (κ2) is 9.58. The molecule has 4 aromatic rings. The number of aromatic nitrogens is 1. The van der Waals surface area contributed by atoms with Gasteiger partial charge in [0.15, 0.2) is 10.9 Å². The third-order valence-corrected chi connectivity index (χ3v) is 5.31. The lowest BCUT2D eigenvalue weighted by Crippen LogP contribution is -2.34. The van der Waals surface area contributed by atoms with Gasteiger partial charge in [0.25, 0.3) is 5.91 Å². The van der Waals surface area contributed by atoms with Crippen molar-refractivity contribution in [2.45, 2.75) is 6.92 Å². The molecule has 0 aliphatic heterocycles. The van der Waals surface area contributed by atoms with Gasteiger partial charge in [-0.1, -0.05) is 30.3 Å². The standard InChI is InChI=1S/C26H21N3O3S/c1-16(30)18-8-13-23-21(14-18)22(15-24(28-23)17-6-4-3-5-7-17)25(31)29-26(33)27-19-9-11-20(32-2)12-10-19/h3-15H,1-2H3,(H2,27,29,31,33). The lowest BCUT2D eigenvalue weighted by atomic mass is 10.0. The summed E-state index contributed by atoms with van der Waals surface area (Å²) in [6.45, 7) is 1.49. The van der Waals surface area contributed by atoms with Crippen LogP contribution in [0.3, 0.4) is 0 Å². The summed E-state index contributed by atoms with van der Waals surface area (Å²) >= 11 is 5.35. The maximum absolute atomic E-state index is 13.3. The first-order valence-electron chi connectivity index (χ1n) is 10.2. The molecule has 0 atom stereocenters. The number of nitrogens with zero attached hydrogens (tertiary/aromatic N) is 1. The van der Waals surface area contributed by atoms with Crippen molar-refractivity contribution in [3.8, 4) is 17.0 Å². The predicted molar refractivity (Wildman–Crippen MR) is 134 cm³/mol. The van der Waals surface area contributed by atoms with E-state index < -0.39 is 5.91 Å². The van der Waals surface area contributed by atoms with Crippen LogP contribution in [-0.4, -0.2) is 28.9 Å². The molecule has 0 fully saturated rings. The highest BCUT2D eigenvalue weighted by Gasteiger charge is 2.16. The first kappa shape index (κ1) is 22.1. The summed E-state index contributed by atoms with van der Waals surface area (Å²) in [5.41, 5.74) is 3.73. The Morgan fingerprint density at radius 1 is 0.939 bits per heavy atom. The normalized spacial score (nSPS) is 10.5. The molecule has 0 aliphatic rings. The fourth-order valence-electron chi connectivity index (χ4n) is 3.40. The first-order valence-corrected chi connectivity index (χ1v) is 10.6. The molecular formula is C26H21N3O3S. The van der Waals surface area contributed by atoms with Gasteiger partial charge in [-0.25, -0.2) is 4.98 Å². The van der Waals surface area contributed by atoms with Crippen molar-refractivity contribution >= 4 is 45.6 Å². The third-order valence-electron chi connectivity index (χ3n) is 5.10. The van der Waals surface area contributed by atoms with Gasteiger partial charge in [0.2, 0.25) is 0 Å². The molecule has 3 aromatic carbocycles. The van der Waals surface area contributed by atoms with Crippen molar-refractivity contribution < 1.29 is 14.3 Å². The van der Waals surface area contributed by atoms with Crippen LogP contribution in [0.4, 0.5) is 5.69 Å². The molecule has 0 radical (unpaired) electrons. The molecule has 0 unspecified atom stereocenters. The molecule has 1 amide bonds. The number of amides is 1. The molecule has 1 heterocycles. The lowest BCUT2D eigenvalue weighted by molar-refractivity contribution is 0.0976. The third kappa shape index (κ3) is 5.05. The van der Waals surface area contributed by atoms with Gasteiger partial charge in [-0.15, -0.1) is 0 Å². The predicted octanol–water partition coefficient (Wildman–Crippen LogP) is 5.24. The van der Waals surface area contributed by atoms with E-state index in [1.54, 1.807) is 55.6 Å². The van der Waals surface area contributed by atoms with Crippen LogP contribution >= 0.6 is 12.2 Å². The van der Waals surface area contributed by atoms with Gasteiger partial charge in [0.1, 0.15) is 5.75 Å². The second-order valence-electron chi connectivity index (χ2n) is 7.35. The van der Waals surface area contributed by atoms with Crippen molar-refractivity contribution in [3.05, 3.63) is 90.0 Å². The Morgan fingerprint density at radius 3 is 2.33 bits per heavy atom. The Hall–Kier alpha value is -4.10. The number of fused-ring (bicyclic) bond motifs is 1. The highest BCUT2D eigenvalue weighted by Crippen LogP contribution is 2.26. The quantitative estimate of drug-likeness (QED) is 0.316. The van der Waals surface area contributed by atoms with Gasteiger partial charge < -0.3 is 10.1 Å². The number of methoxy groups -OCH3 is 1. The summed E-state index contributed by atoms with van der Waals surface area (Å²) in [5.74, 6) is 0.229. The number of benzene rings is 3. The van der Waals surface area contributed by atoms with Crippen molar-refractivity contribution in [3.63, 3.8) is 0 Å². The summed E-state index contributed by atoms with van der Waals surface area (Å²) in [4.78, 5) is 29.9. The minimum absolute atomic E-state index is 0.0907. The minimum Gasteiger partial charge on any atom is -0.497 e. The topological polar surface area (TPSA) is 80.3 Å². The number of hydrogen-bond acceptors (Lipinski definition) is 5. The summed E-state index contributed by atoms with van der Waals surface area (Å²) in [7, 11) is 1.59. The van der Waals surface area contributed by atoms with E-state index in [4.69, 9.17) is 21.9 Å². The number of ether oxygens (including phenoxy) is 1. The Morgan fingerprint density at radius 2 is 1.67 bits per heavy atom. The van der Waals surface area contributed by atoms with E-state index in [1.807, 2.05) is 30.3 Å². The Kier molecular flexibility index (Phi) is 6.42. The number of carbonyl (C=O) groups is 2. The van der Waals surface area contributed by atoms with Crippen LogP contribution in [-0.2, 0) is 0 Å². The van der Waals surface area contributed by atoms with Crippen LogP contribution in [0.1, 0.15) is 27.6 Å². The SMILES string of the molecule is COc1ccc(NC(=S)NC(=O)c2cc(-c3ccccc3)nc3ccc(C(C)=O)cc23)cc1. The average molecular weight is 456 g/mol. The van der Waals surface area contributed by atoms with Crippen molar-refractivity contribution in [2.24, 2.45) is 0 Å². The number of thiocarbonyl (C=S) groups is 1. The molecule has 4 rings (SSSR count). The molecule has 2 N–H and O–H groups in total. The number of hydrogen-bond donors (Lipinski definition) is 2. The van der Waals surface area contributed by atoms with Crippen molar-refractivity contribution in [1.82, 2.24) is 10.3 Å². The number of anilines is 1. The van der Waals surface area contributed by atoms with Crippen LogP contribution < -0.4 is 15.4 Å². The zero-order valence-corrected chi connectivity index (χ0v) is 18.9. The number of ketones is 1. The summed E-state index contributed by atoms with van der Waals surface area (Å²) in [6.07, 6.45) is 0. The Bertz CT molecular complexity index is 1350. The van der Waals surface area contributed by atoms with E-state index in [0.29, 0.717) is 39.2 Å². The van der Waals surface area contributed by atoms with Gasteiger partial charge in [0.05, 0.1) is 23.9 Å². The number of Topliss-reactive ketones (excluding diaryl/α,β-unsaturated/α-hetero) is 1. The van der Waals surface area contributed by atoms with E-state index >= 15 is 0 Å². The van der Waals surface area contributed by atoms with Crippen LogP contribution in [0.25, 0.3) is 22.2 Å². The average Bonchev–Trinajstić information content (AvgIpc) is 2.83. The van der Waals surface area contributed by atoms with Crippen molar-refractivity contribution in [1.29, 1.82) is 0 Å². The highest BCUT2D eigenvalue weighted by atomic mass is 32.1. The van der Waals surface area contributed by atoms with Crippen LogP contribution in [0.5, 0.6) is 5.75 Å². The van der Waals surface area contributed by atoms with E-state index in [0.717, 1.165) is 5.56 Å². The van der Waals surface area contributed by atoms with Gasteiger partial charge >= 0.3 is 0 Å². The van der Waals surface area contributed by atoms with Gasteiger partial charge in [-0.3, -0.25) is 14.9 Å². The molecule has 0 aliphatic carbocycles. The smallest absolute Gasteiger partial charge is 0.258 e. The zero-order chi connectivity index (χ0) is 23.4. The maximum Gasteiger partial charge on any atom is 0.258 e. The van der Waals surface area contributed by atoms with Gasteiger partial charge in [0, 0.05) is 22.2 Å². The van der Waals surface area contributed by atoms with E-state index in [1.165, 1.54) is 6.92 Å². The number of nitrogens with one attached hydrogen (secondary N) is 2. The number of rotatable bonds is 5. The molecule has 0 spiro atoms. The molecule has 164 valence electrons. The fourth-order valence-corrected chi connectivity index (χ4v) is 3.61. The molecule has 33 heavy (non-hydrogen) atoms. The molecule has 0 saturated heterocycles. The van der Waals surface area contributed by atoms with E-state index in [2.05, 4.69) is 10.6 Å². The fraction of sp³-hybridized carbons (Fsp3) is 0.0769. The summed E-state index contributed by atoms with van der Waals surface area (Å²) < 4.78 is 5.15. The molecule has 0 saturated carbocycles. The highest BCUT2D eigenvalue weighted by molar-refractivity contribution is 7.80. The maximum atomic E-state index is 13.3. The summed E-state index contributed by atoms with van der Waals surface area (Å²) in [5, 5.41) is 6.45. The monoisotopic (exact) mass is 455 g/mol. The van der Waals surface area contributed by atoms with E-state index in [9.17, 15) is 9.59 Å². The Balaban J connectivity index is 1.68. The van der Waals surface area contributed by atoms with Gasteiger partial charge in [-0.05, 0) is 67.7 Å². The minimum atomic E-state index is -0.397. The number of pyridine rings is 1. The molecule has 0 bridgehead atoms. The Labute approximate surface area is 196 Å². The van der Waals surface area contributed by atoms with E-state index in [-0.39, 0.29) is 10.9 Å². The van der Waals surface area contributed by atoms with Crippen LogP contribution in [0, 0.1) is 0 Å². The first-order chi connectivity index (χ1) is 15.9. The number of carbonyl (C=O) groups excluding carboxylic acids is 2. The summed E-state index contributed by atoms with van der Waals surface area (Å²) in [6, 6.07) is 23.6. The van der Waals surface area contributed by atoms with Crippen LogP contribution in [0.2, 0.25) is 0 Å². The molecule has 7 heteroatoms. The largest absolute Gasteiger partial charge is 0.497 e. The van der Waals surface area contributed by atoms with Gasteiger partial charge in [-0.2, -0.15) is 0 Å². The molecular weight excluding hydrogens is 434 g/mol. The molecule has 6 nitrogen and oxygen atoms in total. The van der Waals surface area contributed by atoms with Crippen LogP contribution in [0.15, 0.2) is 78.9 Å². The zero-order valence-electron chi connectivity index (χ0n) is 18.1. The molecule has 1 aromatic heterocycles. The lowest BCUT2D eigenvalue weighted by Gasteiger charge is -2.13. The second-order valence-corrected chi connectivity index (χ2v) is 7.75. The van der Waals surface area contributed by atoms with Crippen molar-refractivity contribution in [2.75, 3.05) is 12.4 Å².